The zero-order valence-electron chi connectivity index (χ0n) is 14.0. The van der Waals surface area contributed by atoms with Crippen LogP contribution in [0.15, 0.2) is 42.5 Å². The first-order valence-corrected chi connectivity index (χ1v) is 7.60. The van der Waals surface area contributed by atoms with Crippen LogP contribution in [0.25, 0.3) is 0 Å². The SMILES string of the molecule is COc1ccc(OCc2ccccc2)c(F)c1CC(C)(C)C(=O)O. The zero-order valence-corrected chi connectivity index (χ0v) is 14.0. The standard InChI is InChI=1S/C19H21FO4/c1-19(2,18(21)22)11-14-15(23-3)9-10-16(17(14)20)24-12-13-7-5-4-6-8-13/h4-10H,11-12H2,1-3H3,(H,21,22). The lowest BCUT2D eigenvalue weighted by molar-refractivity contribution is -0.146. The number of aliphatic carboxylic acids is 1. The highest BCUT2D eigenvalue weighted by atomic mass is 19.1. The molecule has 5 heteroatoms. The number of halogens is 1. The van der Waals surface area contributed by atoms with E-state index in [1.54, 1.807) is 19.9 Å². The van der Waals surface area contributed by atoms with Gasteiger partial charge >= 0.3 is 5.97 Å². The molecule has 2 aromatic rings. The fourth-order valence-electron chi connectivity index (χ4n) is 2.30. The number of ether oxygens (including phenoxy) is 2. The van der Waals surface area contributed by atoms with E-state index in [4.69, 9.17) is 9.47 Å². The van der Waals surface area contributed by atoms with Gasteiger partial charge in [-0.2, -0.15) is 0 Å². The number of methoxy groups -OCH3 is 1. The van der Waals surface area contributed by atoms with E-state index in [1.165, 1.54) is 13.2 Å². The maximum atomic E-state index is 14.8. The summed E-state index contributed by atoms with van der Waals surface area (Å²) in [7, 11) is 1.43. The third-order valence-corrected chi connectivity index (χ3v) is 3.82. The molecule has 0 fully saturated rings. The number of carboxylic acids is 1. The molecule has 0 heterocycles. The van der Waals surface area contributed by atoms with Crippen LogP contribution in [0.1, 0.15) is 25.0 Å². The van der Waals surface area contributed by atoms with Gasteiger partial charge in [-0.3, -0.25) is 4.79 Å². The van der Waals surface area contributed by atoms with E-state index < -0.39 is 17.2 Å². The quantitative estimate of drug-likeness (QED) is 0.830. The van der Waals surface area contributed by atoms with E-state index in [9.17, 15) is 14.3 Å². The molecule has 1 N–H and O–H groups in total. The summed E-state index contributed by atoms with van der Waals surface area (Å²) in [4.78, 5) is 11.3. The highest BCUT2D eigenvalue weighted by molar-refractivity contribution is 5.74. The van der Waals surface area contributed by atoms with Crippen molar-refractivity contribution in [3.8, 4) is 11.5 Å². The van der Waals surface area contributed by atoms with Crippen molar-refractivity contribution in [2.75, 3.05) is 7.11 Å². The van der Waals surface area contributed by atoms with Crippen molar-refractivity contribution < 1.29 is 23.8 Å². The highest BCUT2D eigenvalue weighted by Crippen LogP contribution is 2.34. The minimum absolute atomic E-state index is 0.000122. The van der Waals surface area contributed by atoms with Gasteiger partial charge in [0.25, 0.3) is 0 Å². The second-order valence-corrected chi connectivity index (χ2v) is 6.20. The van der Waals surface area contributed by atoms with Crippen LogP contribution in [0.4, 0.5) is 4.39 Å². The average Bonchev–Trinajstić information content (AvgIpc) is 2.56. The van der Waals surface area contributed by atoms with Crippen LogP contribution in [0.3, 0.4) is 0 Å². The summed E-state index contributed by atoms with van der Waals surface area (Å²) in [5.41, 5.74) is 0.00205. The largest absolute Gasteiger partial charge is 0.496 e. The maximum absolute atomic E-state index is 14.8. The van der Waals surface area contributed by atoms with Crippen molar-refractivity contribution in [3.63, 3.8) is 0 Å². The molecule has 0 spiro atoms. The first-order chi connectivity index (χ1) is 11.3. The van der Waals surface area contributed by atoms with Crippen molar-refractivity contribution in [2.24, 2.45) is 5.41 Å². The van der Waals surface area contributed by atoms with Crippen LogP contribution in [0.2, 0.25) is 0 Å². The molecule has 0 bridgehead atoms. The van der Waals surface area contributed by atoms with Gasteiger partial charge in [-0.25, -0.2) is 4.39 Å². The average molecular weight is 332 g/mol. The van der Waals surface area contributed by atoms with Crippen molar-refractivity contribution in [2.45, 2.75) is 26.9 Å². The minimum Gasteiger partial charge on any atom is -0.496 e. The third-order valence-electron chi connectivity index (χ3n) is 3.82. The van der Waals surface area contributed by atoms with Crippen LogP contribution in [-0.2, 0) is 17.8 Å². The Morgan fingerprint density at radius 3 is 2.33 bits per heavy atom. The van der Waals surface area contributed by atoms with E-state index >= 15 is 0 Å². The Kier molecular flexibility index (Phi) is 5.44. The van der Waals surface area contributed by atoms with Crippen molar-refractivity contribution in [3.05, 3.63) is 59.4 Å². The lowest BCUT2D eigenvalue weighted by Crippen LogP contribution is -2.27. The molecule has 0 atom stereocenters. The van der Waals surface area contributed by atoms with Crippen LogP contribution in [0.5, 0.6) is 11.5 Å². The summed E-state index contributed by atoms with van der Waals surface area (Å²) in [6.07, 6.45) is -0.000122. The summed E-state index contributed by atoms with van der Waals surface area (Å²) < 4.78 is 25.6. The van der Waals surface area contributed by atoms with Crippen LogP contribution < -0.4 is 9.47 Å². The normalized spacial score (nSPS) is 11.2. The van der Waals surface area contributed by atoms with Crippen LogP contribution in [0, 0.1) is 11.2 Å². The lowest BCUT2D eigenvalue weighted by atomic mass is 9.85. The molecule has 2 rings (SSSR count). The Balaban J connectivity index is 2.28. The zero-order chi connectivity index (χ0) is 17.7. The molecular weight excluding hydrogens is 311 g/mol. The van der Waals surface area contributed by atoms with E-state index in [0.29, 0.717) is 5.75 Å². The first kappa shape index (κ1) is 17.8. The van der Waals surface area contributed by atoms with Crippen LogP contribution in [-0.4, -0.2) is 18.2 Å². The van der Waals surface area contributed by atoms with Crippen LogP contribution >= 0.6 is 0 Å². The molecule has 0 aliphatic rings. The topological polar surface area (TPSA) is 55.8 Å². The van der Waals surface area contributed by atoms with Crippen molar-refractivity contribution >= 4 is 5.97 Å². The molecule has 0 radical (unpaired) electrons. The molecule has 128 valence electrons. The summed E-state index contributed by atoms with van der Waals surface area (Å²) in [5.74, 6) is -1.19. The Morgan fingerprint density at radius 1 is 1.12 bits per heavy atom. The van der Waals surface area contributed by atoms with E-state index in [0.717, 1.165) is 5.56 Å². The van der Waals surface area contributed by atoms with Gasteiger partial charge < -0.3 is 14.6 Å². The molecule has 0 saturated carbocycles. The molecule has 4 nitrogen and oxygen atoms in total. The monoisotopic (exact) mass is 332 g/mol. The number of carboxylic acid groups (broad SMARTS) is 1. The van der Waals surface area contributed by atoms with E-state index in [1.807, 2.05) is 30.3 Å². The Hall–Kier alpha value is -2.56. The fraction of sp³-hybridized carbons (Fsp3) is 0.316. The Labute approximate surface area is 140 Å². The molecule has 0 aliphatic carbocycles. The molecular formula is C19H21FO4. The number of rotatable bonds is 7. The number of hydrogen-bond donors (Lipinski definition) is 1. The van der Waals surface area contributed by atoms with Gasteiger partial charge in [0.05, 0.1) is 12.5 Å². The second-order valence-electron chi connectivity index (χ2n) is 6.20. The molecule has 0 amide bonds. The molecule has 2 aromatic carbocycles. The summed E-state index contributed by atoms with van der Waals surface area (Å²) in [6.45, 7) is 3.32. The summed E-state index contributed by atoms with van der Waals surface area (Å²) in [5, 5.41) is 9.28. The molecule has 0 unspecified atom stereocenters. The smallest absolute Gasteiger partial charge is 0.309 e. The third kappa shape index (κ3) is 4.04. The van der Waals surface area contributed by atoms with E-state index in [2.05, 4.69) is 0 Å². The van der Waals surface area contributed by atoms with Gasteiger partial charge in [-0.15, -0.1) is 0 Å². The molecule has 0 aromatic heterocycles. The lowest BCUT2D eigenvalue weighted by Gasteiger charge is -2.22. The van der Waals surface area contributed by atoms with Crippen molar-refractivity contribution in [1.29, 1.82) is 0 Å². The van der Waals surface area contributed by atoms with Gasteiger partial charge in [-0.1, -0.05) is 30.3 Å². The second kappa shape index (κ2) is 7.34. The molecule has 0 aliphatic heterocycles. The molecule has 0 saturated heterocycles. The summed E-state index contributed by atoms with van der Waals surface area (Å²) >= 11 is 0. The Bertz CT molecular complexity index is 711. The van der Waals surface area contributed by atoms with Gasteiger partial charge in [0.15, 0.2) is 11.6 Å². The first-order valence-electron chi connectivity index (χ1n) is 7.60. The minimum atomic E-state index is -1.12. The molecule has 24 heavy (non-hydrogen) atoms. The van der Waals surface area contributed by atoms with E-state index in [-0.39, 0.29) is 24.3 Å². The predicted molar refractivity (Wildman–Crippen MR) is 88.8 cm³/mol. The van der Waals surface area contributed by atoms with Gasteiger partial charge in [0, 0.05) is 5.56 Å². The Morgan fingerprint density at radius 2 is 1.75 bits per heavy atom. The van der Waals surface area contributed by atoms with Gasteiger partial charge in [-0.05, 0) is 38.0 Å². The highest BCUT2D eigenvalue weighted by Gasteiger charge is 2.31. The number of carbonyl (C=O) groups is 1. The number of hydrogen-bond acceptors (Lipinski definition) is 3. The predicted octanol–water partition coefficient (Wildman–Crippen LogP) is 4.07. The van der Waals surface area contributed by atoms with Gasteiger partial charge in [0.1, 0.15) is 12.4 Å². The fourth-order valence-corrected chi connectivity index (χ4v) is 2.30. The maximum Gasteiger partial charge on any atom is 0.309 e. The number of benzene rings is 2. The summed E-state index contributed by atoms with van der Waals surface area (Å²) in [6, 6.07) is 12.5. The van der Waals surface area contributed by atoms with Gasteiger partial charge in [0.2, 0.25) is 0 Å². The van der Waals surface area contributed by atoms with Crippen molar-refractivity contribution in [1.82, 2.24) is 0 Å².